The Balaban J connectivity index is 0.892. The number of hydrogen-bond donors (Lipinski definition) is 0. The Morgan fingerprint density at radius 1 is 0.518 bits per heavy atom. The van der Waals surface area contributed by atoms with E-state index in [1.165, 1.54) is 58.7 Å². The van der Waals surface area contributed by atoms with Gasteiger partial charge in [-0.3, -0.25) is 0 Å². The largest absolute Gasteiger partial charge is 0.423 e. The fourth-order valence-electron chi connectivity index (χ4n) is 8.55. The third-order valence-corrected chi connectivity index (χ3v) is 11.6. The van der Waals surface area contributed by atoms with Crippen molar-refractivity contribution in [2.75, 3.05) is 0 Å². The number of hydrogen-bond acceptors (Lipinski definition) is 10. The average Bonchev–Trinajstić information content (AvgIpc) is 3.64. The summed E-state index contributed by atoms with van der Waals surface area (Å²) in [5.74, 6) is -2.20. The molecule has 0 amide bonds. The van der Waals surface area contributed by atoms with Gasteiger partial charge in [0.05, 0.1) is 33.4 Å². The van der Waals surface area contributed by atoms with E-state index < -0.39 is 35.8 Å². The van der Waals surface area contributed by atoms with Crippen LogP contribution in [0.25, 0.3) is 11.1 Å². The molecule has 2 unspecified atom stereocenters. The van der Waals surface area contributed by atoms with Gasteiger partial charge in [-0.05, 0) is 172 Å². The van der Waals surface area contributed by atoms with Crippen LogP contribution in [-0.2, 0) is 9.47 Å². The van der Waals surface area contributed by atoms with Crippen molar-refractivity contribution in [3.63, 3.8) is 0 Å². The number of esters is 6. The van der Waals surface area contributed by atoms with E-state index in [1.54, 1.807) is 0 Å². The summed E-state index contributed by atoms with van der Waals surface area (Å²) in [5, 5.41) is 0. The van der Waals surface area contributed by atoms with E-state index in [-0.39, 0.29) is 33.4 Å². The number of fused-ring (bicyclic) bond motifs is 2. The predicted octanol–water partition coefficient (Wildman–Crippen LogP) is 9.21. The van der Waals surface area contributed by atoms with Crippen molar-refractivity contribution >= 4 is 47.0 Å². The molecule has 0 spiro atoms. The molecule has 10 heteroatoms. The first-order valence-corrected chi connectivity index (χ1v) is 18.7. The van der Waals surface area contributed by atoms with E-state index in [4.69, 9.17) is 9.47 Å². The van der Waals surface area contributed by atoms with Crippen LogP contribution < -0.4 is 9.47 Å². The zero-order chi connectivity index (χ0) is 39.4. The van der Waals surface area contributed by atoms with Crippen LogP contribution in [0.4, 0.5) is 0 Å². The van der Waals surface area contributed by atoms with Crippen molar-refractivity contribution in [3.8, 4) is 11.5 Å². The molecule has 0 aromatic heterocycles. The number of ether oxygens (including phenoxy) is 4. The topological polar surface area (TPSA) is 139 Å². The highest BCUT2D eigenvalue weighted by molar-refractivity contribution is 6.16. The number of carbonyl (C=O) groups is 6. The molecule has 56 heavy (non-hydrogen) atoms. The van der Waals surface area contributed by atoms with Crippen molar-refractivity contribution in [3.05, 3.63) is 140 Å². The van der Waals surface area contributed by atoms with E-state index >= 15 is 0 Å². The molecule has 2 atom stereocenters. The standard InChI is InChI=1S/C46H38O10/c1-23-17-27(5-11-33(23)29-9-15-39(25(3)19-29)53-41(47)31-7-13-35-37(21-31)45(51)55-43(35)49)28-6-12-34(24(2)18-28)30-10-16-40(26(4)20-30)54-42(48)32-8-14-36-38(22-32)46(52)56-44(36)50/h7-10,13-16,19-22,27-28H,5-6,11-12,17-18H2,1-4H3. The Bertz CT molecular complexity index is 2330. The minimum atomic E-state index is -0.772. The quantitative estimate of drug-likeness (QED) is 0.102. The number of allylic oxidation sites excluding steroid dienone is 4. The molecule has 2 aliphatic heterocycles. The molecule has 0 radical (unpaired) electrons. The fraction of sp³-hybridized carbons (Fsp3) is 0.261. The molecule has 8 rings (SSSR count). The highest BCUT2D eigenvalue weighted by atomic mass is 16.6. The van der Waals surface area contributed by atoms with Gasteiger partial charge < -0.3 is 18.9 Å². The van der Waals surface area contributed by atoms with Gasteiger partial charge in [0.15, 0.2) is 0 Å². The molecule has 4 aliphatic rings. The van der Waals surface area contributed by atoms with Crippen LogP contribution in [0.1, 0.15) is 137 Å². The summed E-state index contributed by atoms with van der Waals surface area (Å²) >= 11 is 0. The molecule has 4 aromatic rings. The summed E-state index contributed by atoms with van der Waals surface area (Å²) < 4.78 is 20.6. The molecule has 0 saturated carbocycles. The smallest absolute Gasteiger partial charge is 0.346 e. The molecule has 282 valence electrons. The Hall–Kier alpha value is -6.42. The van der Waals surface area contributed by atoms with Crippen LogP contribution in [0.3, 0.4) is 0 Å². The van der Waals surface area contributed by atoms with Gasteiger partial charge in [0, 0.05) is 0 Å². The SMILES string of the molecule is CC1=C(c2ccc(OC(=O)c3ccc4c(c3)C(=O)OC4=O)c(C)c2)CCC(C2CCC(c3ccc(OC(=O)c4ccc5c(c4)C(=O)OC5=O)c(C)c3)=C(C)C2)C1. The van der Waals surface area contributed by atoms with E-state index in [0.29, 0.717) is 23.3 Å². The molecular formula is C46H38O10. The molecule has 10 nitrogen and oxygen atoms in total. The van der Waals surface area contributed by atoms with Crippen molar-refractivity contribution < 1.29 is 47.7 Å². The number of carbonyl (C=O) groups excluding carboxylic acids is 6. The van der Waals surface area contributed by atoms with Gasteiger partial charge in [-0.1, -0.05) is 23.3 Å². The normalized spacial score (nSPS) is 19.1. The van der Waals surface area contributed by atoms with Crippen LogP contribution in [-0.4, -0.2) is 35.8 Å². The predicted molar refractivity (Wildman–Crippen MR) is 205 cm³/mol. The maximum atomic E-state index is 12.9. The van der Waals surface area contributed by atoms with Gasteiger partial charge in [0.2, 0.25) is 0 Å². The molecule has 0 N–H and O–H groups in total. The monoisotopic (exact) mass is 750 g/mol. The number of cyclic esters (lactones) is 4. The summed E-state index contributed by atoms with van der Waals surface area (Å²) in [6.45, 7) is 8.26. The fourth-order valence-corrected chi connectivity index (χ4v) is 8.55. The van der Waals surface area contributed by atoms with Crippen LogP contribution in [0.15, 0.2) is 83.9 Å². The maximum absolute atomic E-state index is 12.9. The Morgan fingerprint density at radius 2 is 0.911 bits per heavy atom. The van der Waals surface area contributed by atoms with Gasteiger partial charge >= 0.3 is 35.8 Å². The first-order chi connectivity index (χ1) is 26.8. The molecule has 2 heterocycles. The van der Waals surface area contributed by atoms with E-state index in [2.05, 4.69) is 35.5 Å². The van der Waals surface area contributed by atoms with Gasteiger partial charge in [-0.15, -0.1) is 0 Å². The van der Waals surface area contributed by atoms with Gasteiger partial charge in [-0.25, -0.2) is 28.8 Å². The Kier molecular flexibility index (Phi) is 9.36. The second-order valence-corrected chi connectivity index (χ2v) is 15.1. The van der Waals surface area contributed by atoms with Crippen LogP contribution in [0.5, 0.6) is 11.5 Å². The number of aryl methyl sites for hydroxylation is 2. The maximum Gasteiger partial charge on any atom is 0.346 e. The van der Waals surface area contributed by atoms with E-state index in [1.807, 2.05) is 38.1 Å². The lowest BCUT2D eigenvalue weighted by Crippen LogP contribution is -2.22. The molecule has 0 bridgehead atoms. The van der Waals surface area contributed by atoms with Crippen molar-refractivity contribution in [2.24, 2.45) is 11.8 Å². The summed E-state index contributed by atoms with van der Waals surface area (Å²) in [5.41, 5.74) is 10.0. The summed E-state index contributed by atoms with van der Waals surface area (Å²) in [6.07, 6.45) is 6.20. The summed E-state index contributed by atoms with van der Waals surface area (Å²) in [4.78, 5) is 73.3. The highest BCUT2D eigenvalue weighted by Crippen LogP contribution is 2.46. The third kappa shape index (κ3) is 6.76. The molecule has 2 aliphatic carbocycles. The first-order valence-electron chi connectivity index (χ1n) is 18.7. The molecule has 0 saturated heterocycles. The average molecular weight is 751 g/mol. The minimum Gasteiger partial charge on any atom is -0.423 e. The Labute approximate surface area is 323 Å². The van der Waals surface area contributed by atoms with Crippen LogP contribution in [0.2, 0.25) is 0 Å². The van der Waals surface area contributed by atoms with E-state index in [9.17, 15) is 28.8 Å². The lowest BCUT2D eigenvalue weighted by molar-refractivity contribution is 0.0425. The highest BCUT2D eigenvalue weighted by Gasteiger charge is 2.33. The zero-order valence-corrected chi connectivity index (χ0v) is 31.4. The van der Waals surface area contributed by atoms with Crippen molar-refractivity contribution in [1.82, 2.24) is 0 Å². The number of benzene rings is 4. The second-order valence-electron chi connectivity index (χ2n) is 15.1. The van der Waals surface area contributed by atoms with Gasteiger partial charge in [0.1, 0.15) is 11.5 Å². The zero-order valence-electron chi connectivity index (χ0n) is 31.4. The van der Waals surface area contributed by atoms with Gasteiger partial charge in [0.25, 0.3) is 0 Å². The van der Waals surface area contributed by atoms with Crippen molar-refractivity contribution in [1.29, 1.82) is 0 Å². The first kappa shape index (κ1) is 36.6. The van der Waals surface area contributed by atoms with Gasteiger partial charge in [-0.2, -0.15) is 0 Å². The summed E-state index contributed by atoms with van der Waals surface area (Å²) in [7, 11) is 0. The van der Waals surface area contributed by atoms with Crippen LogP contribution in [0, 0.1) is 25.7 Å². The Morgan fingerprint density at radius 3 is 1.29 bits per heavy atom. The number of rotatable bonds is 7. The van der Waals surface area contributed by atoms with E-state index in [0.717, 1.165) is 60.8 Å². The second kappa shape index (κ2) is 14.3. The van der Waals surface area contributed by atoms with Crippen LogP contribution >= 0.6 is 0 Å². The summed E-state index contributed by atoms with van der Waals surface area (Å²) in [6, 6.07) is 20.1. The van der Waals surface area contributed by atoms with Crippen molar-refractivity contribution in [2.45, 2.75) is 66.2 Å². The lowest BCUT2D eigenvalue weighted by Gasteiger charge is -2.36. The third-order valence-electron chi connectivity index (χ3n) is 11.6. The molecular weight excluding hydrogens is 712 g/mol. The molecule has 0 fully saturated rings. The minimum absolute atomic E-state index is 0.0592. The molecule has 4 aromatic carbocycles. The lowest BCUT2D eigenvalue weighted by atomic mass is 9.69.